The molecule has 1 amide bonds. The quantitative estimate of drug-likeness (QED) is 0.666. The van der Waals surface area contributed by atoms with Gasteiger partial charge in [0, 0.05) is 6.07 Å². The minimum absolute atomic E-state index is 0.0521. The van der Waals surface area contributed by atoms with Gasteiger partial charge in [0.05, 0.1) is 4.90 Å². The van der Waals surface area contributed by atoms with Crippen molar-refractivity contribution in [1.29, 1.82) is 0 Å². The Labute approximate surface area is 170 Å². The standard InChI is InChI=1S/C20H24N2O6S/c1-13(2)16-6-4-14(3)10-18(16)28-12-20(23)21-22-29(24,25)15-5-7-17-19(11-15)27-9-8-26-17/h4-7,10-11,13,22H,8-9,12H2,1-3H3,(H,21,23). The van der Waals surface area contributed by atoms with E-state index < -0.39 is 15.9 Å². The Balaban J connectivity index is 1.60. The van der Waals surface area contributed by atoms with Crippen molar-refractivity contribution in [3.8, 4) is 17.2 Å². The Hall–Kier alpha value is -2.78. The minimum atomic E-state index is -3.97. The number of hydrazine groups is 1. The highest BCUT2D eigenvalue weighted by Gasteiger charge is 2.20. The molecular formula is C20H24N2O6S. The maximum atomic E-state index is 12.4. The van der Waals surface area contributed by atoms with Crippen LogP contribution < -0.4 is 24.5 Å². The Bertz CT molecular complexity index is 1000. The molecule has 29 heavy (non-hydrogen) atoms. The Kier molecular flexibility index (Phi) is 6.29. The average molecular weight is 420 g/mol. The van der Waals surface area contributed by atoms with E-state index in [0.717, 1.165) is 11.1 Å². The molecule has 0 unspecified atom stereocenters. The van der Waals surface area contributed by atoms with E-state index in [1.807, 2.05) is 39.0 Å². The Morgan fingerprint density at radius 1 is 1.10 bits per heavy atom. The number of hydrogen-bond acceptors (Lipinski definition) is 6. The lowest BCUT2D eigenvalue weighted by atomic mass is 10.0. The summed E-state index contributed by atoms with van der Waals surface area (Å²) in [6.45, 7) is 6.41. The van der Waals surface area contributed by atoms with Gasteiger partial charge in [-0.25, -0.2) is 8.42 Å². The van der Waals surface area contributed by atoms with Gasteiger partial charge in [-0.15, -0.1) is 4.83 Å². The van der Waals surface area contributed by atoms with E-state index in [1.165, 1.54) is 18.2 Å². The molecule has 0 radical (unpaired) electrons. The zero-order valence-corrected chi connectivity index (χ0v) is 17.3. The normalized spacial score (nSPS) is 13.2. The number of rotatable bonds is 7. The van der Waals surface area contributed by atoms with E-state index in [9.17, 15) is 13.2 Å². The van der Waals surface area contributed by atoms with Crippen molar-refractivity contribution in [2.45, 2.75) is 31.6 Å². The van der Waals surface area contributed by atoms with Crippen LogP contribution in [0.4, 0.5) is 0 Å². The number of ether oxygens (including phenoxy) is 3. The number of hydrogen-bond donors (Lipinski definition) is 2. The number of nitrogens with one attached hydrogen (secondary N) is 2. The number of aryl methyl sites for hydroxylation is 1. The maximum absolute atomic E-state index is 12.4. The molecule has 1 aliphatic heterocycles. The average Bonchev–Trinajstić information content (AvgIpc) is 2.70. The molecule has 0 bridgehead atoms. The zero-order chi connectivity index (χ0) is 21.0. The van der Waals surface area contributed by atoms with Crippen LogP contribution in [0.2, 0.25) is 0 Å². The van der Waals surface area contributed by atoms with E-state index in [2.05, 4.69) is 10.3 Å². The highest BCUT2D eigenvalue weighted by Crippen LogP contribution is 2.32. The molecule has 0 fully saturated rings. The van der Waals surface area contributed by atoms with Gasteiger partial charge >= 0.3 is 0 Å². The number of carbonyl (C=O) groups excluding carboxylic acids is 1. The van der Waals surface area contributed by atoms with Gasteiger partial charge < -0.3 is 14.2 Å². The predicted octanol–water partition coefficient (Wildman–Crippen LogP) is 2.28. The van der Waals surface area contributed by atoms with Crippen LogP contribution in [0.3, 0.4) is 0 Å². The van der Waals surface area contributed by atoms with Crippen LogP contribution in [-0.4, -0.2) is 34.1 Å². The summed E-state index contributed by atoms with van der Waals surface area (Å²) in [5, 5.41) is 0. The van der Waals surface area contributed by atoms with Gasteiger partial charge in [0.25, 0.3) is 15.9 Å². The third kappa shape index (κ3) is 5.18. The van der Waals surface area contributed by atoms with Gasteiger partial charge in [-0.1, -0.05) is 26.0 Å². The summed E-state index contributed by atoms with van der Waals surface area (Å²) in [6, 6.07) is 10.0. The number of fused-ring (bicyclic) bond motifs is 1. The fourth-order valence-corrected chi connectivity index (χ4v) is 3.67. The predicted molar refractivity (Wildman–Crippen MR) is 107 cm³/mol. The lowest BCUT2D eigenvalue weighted by Gasteiger charge is -2.19. The van der Waals surface area contributed by atoms with Gasteiger partial charge in [0.1, 0.15) is 19.0 Å². The molecule has 1 aliphatic rings. The van der Waals surface area contributed by atoms with Gasteiger partial charge in [-0.3, -0.25) is 10.2 Å². The highest BCUT2D eigenvalue weighted by atomic mass is 32.2. The molecule has 0 spiro atoms. The molecule has 0 atom stereocenters. The van der Waals surface area contributed by atoms with Crippen LogP contribution in [0.1, 0.15) is 30.9 Å². The molecule has 0 aromatic heterocycles. The van der Waals surface area contributed by atoms with Crippen LogP contribution in [-0.2, 0) is 14.8 Å². The first-order chi connectivity index (χ1) is 13.8. The Morgan fingerprint density at radius 2 is 1.83 bits per heavy atom. The highest BCUT2D eigenvalue weighted by molar-refractivity contribution is 7.89. The van der Waals surface area contributed by atoms with Crippen molar-refractivity contribution < 1.29 is 27.4 Å². The molecule has 3 rings (SSSR count). The minimum Gasteiger partial charge on any atom is -0.486 e. The van der Waals surface area contributed by atoms with Crippen LogP contribution in [0, 0.1) is 6.92 Å². The fourth-order valence-electron chi connectivity index (χ4n) is 2.80. The summed E-state index contributed by atoms with van der Waals surface area (Å²) in [5.74, 6) is 1.02. The Morgan fingerprint density at radius 3 is 2.55 bits per heavy atom. The van der Waals surface area contributed by atoms with Crippen molar-refractivity contribution in [1.82, 2.24) is 10.3 Å². The molecule has 8 nitrogen and oxygen atoms in total. The van der Waals surface area contributed by atoms with Gasteiger partial charge in [-0.2, -0.15) is 0 Å². The molecule has 0 saturated carbocycles. The van der Waals surface area contributed by atoms with Gasteiger partial charge in [-0.05, 0) is 42.2 Å². The first kappa shape index (κ1) is 20.9. The largest absolute Gasteiger partial charge is 0.486 e. The van der Waals surface area contributed by atoms with Crippen molar-refractivity contribution in [3.63, 3.8) is 0 Å². The molecule has 2 aromatic rings. The number of sulfonamides is 1. The van der Waals surface area contributed by atoms with Crippen molar-refractivity contribution >= 4 is 15.9 Å². The van der Waals surface area contributed by atoms with Crippen LogP contribution >= 0.6 is 0 Å². The van der Waals surface area contributed by atoms with Gasteiger partial charge in [0.2, 0.25) is 0 Å². The monoisotopic (exact) mass is 420 g/mol. The summed E-state index contributed by atoms with van der Waals surface area (Å²) in [5.41, 5.74) is 4.14. The topological polar surface area (TPSA) is 103 Å². The number of carbonyl (C=O) groups is 1. The second-order valence-electron chi connectivity index (χ2n) is 6.94. The third-order valence-electron chi connectivity index (χ3n) is 4.30. The number of amides is 1. The zero-order valence-electron chi connectivity index (χ0n) is 16.5. The summed E-state index contributed by atoms with van der Waals surface area (Å²) in [7, 11) is -3.97. The van der Waals surface area contributed by atoms with Gasteiger partial charge in [0.15, 0.2) is 18.1 Å². The lowest BCUT2D eigenvalue weighted by molar-refractivity contribution is -0.123. The molecular weight excluding hydrogens is 396 g/mol. The third-order valence-corrected chi connectivity index (χ3v) is 5.54. The first-order valence-corrected chi connectivity index (χ1v) is 10.7. The summed E-state index contributed by atoms with van der Waals surface area (Å²) in [4.78, 5) is 14.1. The first-order valence-electron chi connectivity index (χ1n) is 9.20. The summed E-state index contributed by atoms with van der Waals surface area (Å²) < 4.78 is 41.2. The second kappa shape index (κ2) is 8.71. The fraction of sp³-hybridized carbons (Fsp3) is 0.350. The molecule has 2 aromatic carbocycles. The summed E-state index contributed by atoms with van der Waals surface area (Å²) in [6.07, 6.45) is 0. The molecule has 0 aliphatic carbocycles. The smallest absolute Gasteiger partial charge is 0.272 e. The van der Waals surface area contributed by atoms with E-state index >= 15 is 0 Å². The van der Waals surface area contributed by atoms with E-state index in [1.54, 1.807) is 0 Å². The molecule has 2 N–H and O–H groups in total. The van der Waals surface area contributed by atoms with Crippen molar-refractivity contribution in [3.05, 3.63) is 47.5 Å². The summed E-state index contributed by atoms with van der Waals surface area (Å²) >= 11 is 0. The molecule has 1 heterocycles. The van der Waals surface area contributed by atoms with E-state index in [-0.39, 0.29) is 17.4 Å². The van der Waals surface area contributed by atoms with Crippen LogP contribution in [0.5, 0.6) is 17.2 Å². The molecule has 156 valence electrons. The van der Waals surface area contributed by atoms with Crippen LogP contribution in [0.15, 0.2) is 41.3 Å². The molecule has 0 saturated heterocycles. The van der Waals surface area contributed by atoms with Crippen molar-refractivity contribution in [2.24, 2.45) is 0 Å². The second-order valence-corrected chi connectivity index (χ2v) is 8.63. The van der Waals surface area contributed by atoms with Crippen LogP contribution in [0.25, 0.3) is 0 Å². The SMILES string of the molecule is Cc1ccc(C(C)C)c(OCC(=O)NNS(=O)(=O)c2ccc3c(c2)OCCO3)c1. The van der Waals surface area contributed by atoms with E-state index in [4.69, 9.17) is 14.2 Å². The lowest BCUT2D eigenvalue weighted by Crippen LogP contribution is -2.43. The van der Waals surface area contributed by atoms with Crippen molar-refractivity contribution in [2.75, 3.05) is 19.8 Å². The molecule has 9 heteroatoms. The maximum Gasteiger partial charge on any atom is 0.272 e. The van der Waals surface area contributed by atoms with E-state index in [0.29, 0.717) is 30.5 Å². The number of benzene rings is 2.